The van der Waals surface area contributed by atoms with Crippen LogP contribution < -0.4 is 11.0 Å². The molecule has 24 heavy (non-hydrogen) atoms. The highest BCUT2D eigenvalue weighted by Crippen LogP contribution is 2.19. The molecule has 2 unspecified atom stereocenters. The summed E-state index contributed by atoms with van der Waals surface area (Å²) in [5, 5.41) is 12.9. The second kappa shape index (κ2) is 6.37. The van der Waals surface area contributed by atoms with Gasteiger partial charge in [-0.2, -0.15) is 0 Å². The number of carbonyl (C=O) groups excluding carboxylic acids is 1. The van der Waals surface area contributed by atoms with E-state index >= 15 is 0 Å². The first kappa shape index (κ1) is 16.1. The predicted molar refractivity (Wildman–Crippen MR) is 88.8 cm³/mol. The Kier molecular flexibility index (Phi) is 4.26. The maximum atomic E-state index is 12.3. The van der Waals surface area contributed by atoms with E-state index in [-0.39, 0.29) is 17.6 Å². The fraction of sp³-hybridized carbons (Fsp3) is 0.294. The molecule has 3 N–H and O–H groups in total. The van der Waals surface area contributed by atoms with Gasteiger partial charge in [0.15, 0.2) is 0 Å². The molecule has 1 amide bonds. The van der Waals surface area contributed by atoms with Crippen molar-refractivity contribution < 1.29 is 14.3 Å². The number of benzene rings is 1. The number of aliphatic hydroxyl groups is 1. The van der Waals surface area contributed by atoms with Gasteiger partial charge in [0.1, 0.15) is 11.9 Å². The molecule has 0 spiro atoms. The minimum atomic E-state index is -0.775. The predicted octanol–water partition coefficient (Wildman–Crippen LogP) is 1.70. The SMILES string of the molecule is CC(CC(O)c1ccco1)NC(=O)c1ccc2c(c1)[nH]c(=O)n2C. The molecule has 3 aromatic rings. The van der Waals surface area contributed by atoms with Crippen LogP contribution in [0, 0.1) is 0 Å². The standard InChI is InChI=1S/C17H19N3O4/c1-10(8-14(21)15-4-3-7-24-15)18-16(22)11-5-6-13-12(9-11)19-17(23)20(13)2/h3-7,9-10,14,21H,8H2,1-2H3,(H,18,22)(H,19,23). The van der Waals surface area contributed by atoms with Gasteiger partial charge in [-0.3, -0.25) is 9.36 Å². The Morgan fingerprint density at radius 2 is 2.21 bits per heavy atom. The number of nitrogens with one attached hydrogen (secondary N) is 2. The summed E-state index contributed by atoms with van der Waals surface area (Å²) < 4.78 is 6.63. The number of hydrogen-bond donors (Lipinski definition) is 3. The zero-order valence-corrected chi connectivity index (χ0v) is 13.4. The molecule has 7 heteroatoms. The monoisotopic (exact) mass is 329 g/mol. The van der Waals surface area contributed by atoms with Crippen molar-refractivity contribution in [3.8, 4) is 0 Å². The van der Waals surface area contributed by atoms with E-state index in [1.54, 1.807) is 37.4 Å². The number of nitrogens with zero attached hydrogens (tertiary/aromatic N) is 1. The van der Waals surface area contributed by atoms with E-state index in [9.17, 15) is 14.7 Å². The van der Waals surface area contributed by atoms with Gasteiger partial charge in [-0.1, -0.05) is 0 Å². The van der Waals surface area contributed by atoms with Gasteiger partial charge in [0.05, 0.1) is 17.3 Å². The van der Waals surface area contributed by atoms with Crippen molar-refractivity contribution in [2.45, 2.75) is 25.5 Å². The van der Waals surface area contributed by atoms with Crippen LogP contribution in [0.1, 0.15) is 35.6 Å². The molecule has 2 atom stereocenters. The molecule has 3 rings (SSSR count). The molecule has 0 saturated heterocycles. The highest BCUT2D eigenvalue weighted by Gasteiger charge is 2.17. The van der Waals surface area contributed by atoms with Crippen LogP contribution in [0.5, 0.6) is 0 Å². The summed E-state index contributed by atoms with van der Waals surface area (Å²) in [5.41, 5.74) is 1.57. The molecule has 1 aromatic carbocycles. The Hall–Kier alpha value is -2.80. The zero-order chi connectivity index (χ0) is 17.3. The van der Waals surface area contributed by atoms with Crippen molar-refractivity contribution in [1.82, 2.24) is 14.9 Å². The lowest BCUT2D eigenvalue weighted by molar-refractivity contribution is 0.0903. The summed E-state index contributed by atoms with van der Waals surface area (Å²) in [5.74, 6) is 0.208. The van der Waals surface area contributed by atoms with Crippen LogP contribution in [0.25, 0.3) is 11.0 Å². The number of furan rings is 1. The molecule has 0 aliphatic heterocycles. The minimum absolute atomic E-state index is 0.225. The first-order valence-corrected chi connectivity index (χ1v) is 7.67. The largest absolute Gasteiger partial charge is 0.467 e. The van der Waals surface area contributed by atoms with Crippen molar-refractivity contribution in [1.29, 1.82) is 0 Å². The van der Waals surface area contributed by atoms with Gasteiger partial charge in [-0.15, -0.1) is 0 Å². The number of rotatable bonds is 5. The van der Waals surface area contributed by atoms with Crippen LogP contribution in [0.2, 0.25) is 0 Å². The zero-order valence-electron chi connectivity index (χ0n) is 13.4. The number of H-pyrrole nitrogens is 1. The summed E-state index contributed by atoms with van der Waals surface area (Å²) >= 11 is 0. The van der Waals surface area contributed by atoms with Crippen molar-refractivity contribution >= 4 is 16.9 Å². The number of aromatic amines is 1. The van der Waals surface area contributed by atoms with E-state index in [2.05, 4.69) is 10.3 Å². The van der Waals surface area contributed by atoms with Gasteiger partial charge in [-0.05, 0) is 37.3 Å². The van der Waals surface area contributed by atoms with Crippen molar-refractivity contribution in [2.24, 2.45) is 7.05 Å². The van der Waals surface area contributed by atoms with Crippen molar-refractivity contribution in [3.63, 3.8) is 0 Å². The van der Waals surface area contributed by atoms with Crippen LogP contribution in [0.3, 0.4) is 0 Å². The molecule has 0 saturated carbocycles. The third kappa shape index (κ3) is 3.11. The minimum Gasteiger partial charge on any atom is -0.467 e. The van der Waals surface area contributed by atoms with E-state index in [0.29, 0.717) is 23.3 Å². The van der Waals surface area contributed by atoms with E-state index in [0.717, 1.165) is 5.52 Å². The maximum Gasteiger partial charge on any atom is 0.326 e. The lowest BCUT2D eigenvalue weighted by Gasteiger charge is -2.16. The van der Waals surface area contributed by atoms with Gasteiger partial charge in [0, 0.05) is 25.1 Å². The molecular formula is C17H19N3O4. The summed E-state index contributed by atoms with van der Waals surface area (Å²) in [4.78, 5) is 26.6. The number of fused-ring (bicyclic) bond motifs is 1. The normalized spacial score (nSPS) is 13.8. The maximum absolute atomic E-state index is 12.3. The van der Waals surface area contributed by atoms with Gasteiger partial charge < -0.3 is 19.8 Å². The van der Waals surface area contributed by atoms with Gasteiger partial charge in [-0.25, -0.2) is 4.79 Å². The average Bonchev–Trinajstić information content (AvgIpc) is 3.16. The third-order valence-corrected chi connectivity index (χ3v) is 3.99. The fourth-order valence-electron chi connectivity index (χ4n) is 2.68. The smallest absolute Gasteiger partial charge is 0.326 e. The average molecular weight is 329 g/mol. The molecular weight excluding hydrogens is 310 g/mol. The Labute approximate surface area is 137 Å². The highest BCUT2D eigenvalue weighted by molar-refractivity contribution is 5.97. The molecule has 0 aliphatic carbocycles. The summed E-state index contributed by atoms with van der Waals surface area (Å²) in [6.07, 6.45) is 1.06. The van der Waals surface area contributed by atoms with E-state index in [4.69, 9.17) is 4.42 Å². The number of hydrogen-bond acceptors (Lipinski definition) is 4. The van der Waals surface area contributed by atoms with Gasteiger partial charge in [0.25, 0.3) is 5.91 Å². The first-order valence-electron chi connectivity index (χ1n) is 7.67. The Balaban J connectivity index is 1.69. The molecule has 0 bridgehead atoms. The Morgan fingerprint density at radius 1 is 1.42 bits per heavy atom. The number of aromatic nitrogens is 2. The molecule has 0 radical (unpaired) electrons. The lowest BCUT2D eigenvalue weighted by Crippen LogP contribution is -2.33. The van der Waals surface area contributed by atoms with Gasteiger partial charge >= 0.3 is 5.69 Å². The van der Waals surface area contributed by atoms with Crippen molar-refractivity contribution in [3.05, 3.63) is 58.4 Å². The number of imidazole rings is 1. The quantitative estimate of drug-likeness (QED) is 0.663. The van der Waals surface area contributed by atoms with Gasteiger partial charge in [0.2, 0.25) is 0 Å². The Bertz CT molecular complexity index is 908. The molecule has 0 aliphatic rings. The number of aryl methyl sites for hydroxylation is 1. The molecule has 0 fully saturated rings. The van der Waals surface area contributed by atoms with Crippen LogP contribution in [0.4, 0.5) is 0 Å². The number of carbonyl (C=O) groups is 1. The number of amides is 1. The van der Waals surface area contributed by atoms with E-state index in [1.165, 1.54) is 10.8 Å². The summed E-state index contributed by atoms with van der Waals surface area (Å²) in [7, 11) is 1.67. The second-order valence-electron chi connectivity index (χ2n) is 5.86. The molecule has 2 aromatic heterocycles. The first-order chi connectivity index (χ1) is 11.5. The highest BCUT2D eigenvalue weighted by atomic mass is 16.4. The third-order valence-electron chi connectivity index (χ3n) is 3.99. The van der Waals surface area contributed by atoms with Crippen molar-refractivity contribution in [2.75, 3.05) is 0 Å². The van der Waals surface area contributed by atoms with Crippen LogP contribution in [0.15, 0.2) is 45.8 Å². The lowest BCUT2D eigenvalue weighted by atomic mass is 10.1. The number of aliphatic hydroxyl groups excluding tert-OH is 1. The summed E-state index contributed by atoms with van der Waals surface area (Å²) in [6, 6.07) is 8.19. The topological polar surface area (TPSA) is 100 Å². The molecule has 2 heterocycles. The fourth-order valence-corrected chi connectivity index (χ4v) is 2.68. The Morgan fingerprint density at radius 3 is 2.92 bits per heavy atom. The van der Waals surface area contributed by atoms with Crippen LogP contribution in [-0.4, -0.2) is 26.6 Å². The van der Waals surface area contributed by atoms with Crippen LogP contribution >= 0.6 is 0 Å². The van der Waals surface area contributed by atoms with Crippen LogP contribution in [-0.2, 0) is 7.05 Å². The van der Waals surface area contributed by atoms with E-state index < -0.39 is 6.10 Å². The van der Waals surface area contributed by atoms with E-state index in [1.807, 2.05) is 6.92 Å². The molecule has 7 nitrogen and oxygen atoms in total. The summed E-state index contributed by atoms with van der Waals surface area (Å²) in [6.45, 7) is 1.81. The second-order valence-corrected chi connectivity index (χ2v) is 5.86. The molecule has 126 valence electrons.